The molecule has 3 aromatic rings. The maximum Gasteiger partial charge on any atom is 0.228 e. The minimum Gasteiger partial charge on any atom is -0.356 e. The van der Waals surface area contributed by atoms with Gasteiger partial charge in [0.25, 0.3) is 0 Å². The Balaban J connectivity index is 1.54. The molecule has 0 radical (unpaired) electrons. The van der Waals surface area contributed by atoms with Crippen molar-refractivity contribution in [1.82, 2.24) is 15.2 Å². The van der Waals surface area contributed by atoms with Gasteiger partial charge in [0.1, 0.15) is 0 Å². The lowest BCUT2D eigenvalue weighted by Crippen LogP contribution is -2.45. The Bertz CT molecular complexity index is 1070. The summed E-state index contributed by atoms with van der Waals surface area (Å²) in [6.07, 6.45) is 3.22. The van der Waals surface area contributed by atoms with Gasteiger partial charge in [0.2, 0.25) is 11.8 Å². The zero-order valence-electron chi connectivity index (χ0n) is 18.5. The second-order valence-electron chi connectivity index (χ2n) is 8.45. The molecule has 0 spiro atoms. The molecule has 1 atom stereocenters. The zero-order valence-corrected chi connectivity index (χ0v) is 18.5. The van der Waals surface area contributed by atoms with Gasteiger partial charge < -0.3 is 10.2 Å². The van der Waals surface area contributed by atoms with Crippen molar-refractivity contribution in [2.24, 2.45) is 5.41 Å². The average Bonchev–Trinajstić information content (AvgIpc) is 3.26. The predicted molar refractivity (Wildman–Crippen MR) is 126 cm³/mol. The zero-order chi connectivity index (χ0) is 22.4. The first-order valence-corrected chi connectivity index (χ1v) is 11.2. The molecule has 1 aliphatic rings. The van der Waals surface area contributed by atoms with E-state index in [1.165, 1.54) is 0 Å². The average molecular weight is 428 g/mol. The number of nitrogens with one attached hydrogen (secondary N) is 1. The van der Waals surface area contributed by atoms with Crippen LogP contribution in [0.15, 0.2) is 79.0 Å². The monoisotopic (exact) mass is 427 g/mol. The number of benzene rings is 2. The van der Waals surface area contributed by atoms with Gasteiger partial charge in [-0.05, 0) is 48.6 Å². The van der Waals surface area contributed by atoms with E-state index in [0.717, 1.165) is 22.4 Å². The summed E-state index contributed by atoms with van der Waals surface area (Å²) in [5, 5.41) is 3.01. The first kappa shape index (κ1) is 21.8. The molecule has 1 aromatic heterocycles. The number of nitrogens with zero attached hydrogens (tertiary/aromatic N) is 2. The lowest BCUT2D eigenvalue weighted by atomic mass is 9.79. The lowest BCUT2D eigenvalue weighted by Gasteiger charge is -2.28. The van der Waals surface area contributed by atoms with E-state index in [-0.39, 0.29) is 18.2 Å². The van der Waals surface area contributed by atoms with Gasteiger partial charge in [0.15, 0.2) is 0 Å². The van der Waals surface area contributed by atoms with E-state index in [1.807, 2.05) is 54.3 Å². The molecule has 2 heterocycles. The van der Waals surface area contributed by atoms with Crippen molar-refractivity contribution in [1.29, 1.82) is 0 Å². The van der Waals surface area contributed by atoms with Crippen LogP contribution in [0, 0.1) is 5.41 Å². The van der Waals surface area contributed by atoms with Crippen molar-refractivity contribution in [3.8, 4) is 11.1 Å². The summed E-state index contributed by atoms with van der Waals surface area (Å²) in [4.78, 5) is 32.2. The van der Waals surface area contributed by atoms with E-state index in [2.05, 4.69) is 40.6 Å². The van der Waals surface area contributed by atoms with Crippen molar-refractivity contribution in [2.45, 2.75) is 26.2 Å². The molecular weight excluding hydrogens is 398 g/mol. The van der Waals surface area contributed by atoms with E-state index < -0.39 is 5.41 Å². The molecular formula is C27H29N3O2. The molecule has 164 valence electrons. The summed E-state index contributed by atoms with van der Waals surface area (Å²) < 4.78 is 0. The van der Waals surface area contributed by atoms with Crippen LogP contribution in [0.25, 0.3) is 11.1 Å². The normalized spacial score (nSPS) is 17.8. The van der Waals surface area contributed by atoms with Crippen molar-refractivity contribution < 1.29 is 9.59 Å². The molecule has 1 fully saturated rings. The van der Waals surface area contributed by atoms with Crippen LogP contribution in [0.3, 0.4) is 0 Å². The van der Waals surface area contributed by atoms with Gasteiger partial charge in [-0.2, -0.15) is 0 Å². The molecule has 1 saturated heterocycles. The highest BCUT2D eigenvalue weighted by Crippen LogP contribution is 2.36. The molecule has 2 aromatic carbocycles. The minimum absolute atomic E-state index is 0.0212. The fourth-order valence-corrected chi connectivity index (χ4v) is 4.49. The largest absolute Gasteiger partial charge is 0.356 e. The molecule has 5 nitrogen and oxygen atoms in total. The molecule has 2 amide bonds. The predicted octanol–water partition coefficient (Wildman–Crippen LogP) is 3.89. The fourth-order valence-electron chi connectivity index (χ4n) is 4.49. The summed E-state index contributed by atoms with van der Waals surface area (Å²) in [6, 6.07) is 24.2. The standard InChI is InChI=1S/C27H29N3O2/c1-2-28-26(32)27(14-16-30(20-27)25(31)18-24-13-6-7-15-29-24)19-21-9-8-12-23(17-21)22-10-4-3-5-11-22/h3-13,15,17H,2,14,16,18-20H2,1H3,(H,28,32)/t27-/m1/s1. The first-order valence-electron chi connectivity index (χ1n) is 11.2. The summed E-state index contributed by atoms with van der Waals surface area (Å²) in [6.45, 7) is 3.52. The van der Waals surface area contributed by atoms with Gasteiger partial charge >= 0.3 is 0 Å². The molecule has 1 N–H and O–H groups in total. The second-order valence-corrected chi connectivity index (χ2v) is 8.45. The van der Waals surface area contributed by atoms with Gasteiger partial charge in [0.05, 0.1) is 11.8 Å². The Labute approximate surface area is 189 Å². The van der Waals surface area contributed by atoms with Gasteiger partial charge in [-0.1, -0.05) is 60.7 Å². The van der Waals surface area contributed by atoms with Crippen molar-refractivity contribution >= 4 is 11.8 Å². The van der Waals surface area contributed by atoms with Gasteiger partial charge in [0, 0.05) is 31.5 Å². The minimum atomic E-state index is -0.620. The van der Waals surface area contributed by atoms with E-state index in [4.69, 9.17) is 0 Å². The van der Waals surface area contributed by atoms with Gasteiger partial charge in [-0.15, -0.1) is 0 Å². The van der Waals surface area contributed by atoms with Crippen molar-refractivity contribution in [2.75, 3.05) is 19.6 Å². The Hall–Kier alpha value is -3.47. The van der Waals surface area contributed by atoms with E-state index >= 15 is 0 Å². The summed E-state index contributed by atoms with van der Waals surface area (Å²) >= 11 is 0. The third kappa shape index (κ3) is 4.88. The highest BCUT2D eigenvalue weighted by atomic mass is 16.2. The first-order chi connectivity index (χ1) is 15.6. The van der Waals surface area contributed by atoms with Crippen LogP contribution in [-0.2, 0) is 22.4 Å². The second kappa shape index (κ2) is 9.77. The van der Waals surface area contributed by atoms with Crippen LogP contribution in [-0.4, -0.2) is 41.3 Å². The quantitative estimate of drug-likeness (QED) is 0.622. The fraction of sp³-hybridized carbons (Fsp3) is 0.296. The van der Waals surface area contributed by atoms with Crippen LogP contribution >= 0.6 is 0 Å². The van der Waals surface area contributed by atoms with Gasteiger partial charge in [-0.25, -0.2) is 0 Å². The number of hydrogen-bond acceptors (Lipinski definition) is 3. The van der Waals surface area contributed by atoms with E-state index in [0.29, 0.717) is 32.5 Å². The third-order valence-corrected chi connectivity index (χ3v) is 6.16. The smallest absolute Gasteiger partial charge is 0.228 e. The third-order valence-electron chi connectivity index (χ3n) is 6.16. The topological polar surface area (TPSA) is 62.3 Å². The molecule has 0 aliphatic carbocycles. The summed E-state index contributed by atoms with van der Waals surface area (Å²) in [5.74, 6) is 0.0474. The number of pyridine rings is 1. The van der Waals surface area contributed by atoms with Crippen LogP contribution in [0.4, 0.5) is 0 Å². The summed E-state index contributed by atoms with van der Waals surface area (Å²) in [5.41, 5.74) is 3.53. The molecule has 32 heavy (non-hydrogen) atoms. The number of carbonyl (C=O) groups excluding carboxylic acids is 2. The Morgan fingerprint density at radius 1 is 1.00 bits per heavy atom. The molecule has 0 saturated carbocycles. The molecule has 5 heteroatoms. The highest BCUT2D eigenvalue weighted by Gasteiger charge is 2.45. The number of carbonyl (C=O) groups is 2. The van der Waals surface area contributed by atoms with Crippen LogP contribution < -0.4 is 5.32 Å². The maximum absolute atomic E-state index is 13.2. The number of aromatic nitrogens is 1. The van der Waals surface area contributed by atoms with Crippen LogP contribution in [0.1, 0.15) is 24.6 Å². The highest BCUT2D eigenvalue weighted by molar-refractivity contribution is 5.86. The SMILES string of the molecule is CCNC(=O)[C@@]1(Cc2cccc(-c3ccccc3)c2)CCN(C(=O)Cc2ccccn2)C1. The number of rotatable bonds is 7. The summed E-state index contributed by atoms with van der Waals surface area (Å²) in [7, 11) is 0. The number of likely N-dealkylation sites (tertiary alicyclic amines) is 1. The van der Waals surface area contributed by atoms with Gasteiger partial charge in [-0.3, -0.25) is 14.6 Å². The molecule has 4 rings (SSSR count). The van der Waals surface area contributed by atoms with Crippen LogP contribution in [0.2, 0.25) is 0 Å². The molecule has 0 bridgehead atoms. The van der Waals surface area contributed by atoms with Crippen LogP contribution in [0.5, 0.6) is 0 Å². The van der Waals surface area contributed by atoms with E-state index in [9.17, 15) is 9.59 Å². The molecule has 1 aliphatic heterocycles. The maximum atomic E-state index is 13.2. The van der Waals surface area contributed by atoms with Crippen molar-refractivity contribution in [3.05, 3.63) is 90.3 Å². The number of amides is 2. The number of hydrogen-bond donors (Lipinski definition) is 1. The Morgan fingerprint density at radius 2 is 1.78 bits per heavy atom. The molecule has 0 unspecified atom stereocenters. The Morgan fingerprint density at radius 3 is 2.53 bits per heavy atom. The van der Waals surface area contributed by atoms with Crippen molar-refractivity contribution in [3.63, 3.8) is 0 Å². The lowest BCUT2D eigenvalue weighted by molar-refractivity contribution is -0.132. The van der Waals surface area contributed by atoms with E-state index in [1.54, 1.807) is 6.20 Å². The Kier molecular flexibility index (Phi) is 6.64.